The fourth-order valence-electron chi connectivity index (χ4n) is 1.78. The van der Waals surface area contributed by atoms with Crippen molar-refractivity contribution in [2.45, 2.75) is 19.4 Å². The maximum Gasteiger partial charge on any atom is 0.419 e. The molecule has 0 N–H and O–H groups in total. The minimum absolute atomic E-state index is 0.0671. The molecule has 0 fully saturated rings. The lowest BCUT2D eigenvalue weighted by Gasteiger charge is -2.14. The van der Waals surface area contributed by atoms with Crippen molar-refractivity contribution in [1.29, 1.82) is 0 Å². The largest absolute Gasteiger partial charge is 0.419 e. The molecule has 0 aliphatic carbocycles. The summed E-state index contributed by atoms with van der Waals surface area (Å²) >= 11 is 0. The van der Waals surface area contributed by atoms with Crippen LogP contribution in [0.4, 0.5) is 0 Å². The van der Waals surface area contributed by atoms with E-state index >= 15 is 0 Å². The molecule has 1 atom stereocenters. The summed E-state index contributed by atoms with van der Waals surface area (Å²) in [6, 6.07) is 10.0. The number of rotatable bonds is 3. The zero-order chi connectivity index (χ0) is 10.7. The lowest BCUT2D eigenvalue weighted by molar-refractivity contribution is 0.449. The van der Waals surface area contributed by atoms with Crippen LogP contribution in [0.2, 0.25) is 0 Å². The first-order valence-corrected chi connectivity index (χ1v) is 5.03. The molecule has 0 bridgehead atoms. The summed E-state index contributed by atoms with van der Waals surface area (Å²) < 4.78 is 6.40. The summed E-state index contributed by atoms with van der Waals surface area (Å²) in [6.07, 6.45) is 3.97. The third kappa shape index (κ3) is 1.86. The Labute approximate surface area is 88.0 Å². The molecule has 1 heterocycles. The van der Waals surface area contributed by atoms with E-state index < -0.39 is 0 Å². The summed E-state index contributed by atoms with van der Waals surface area (Å²) in [5, 5.41) is 0. The molecule has 78 valence electrons. The van der Waals surface area contributed by atoms with E-state index in [0.717, 1.165) is 12.0 Å². The van der Waals surface area contributed by atoms with Crippen molar-refractivity contribution in [3.63, 3.8) is 0 Å². The van der Waals surface area contributed by atoms with Crippen LogP contribution in [-0.2, 0) is 0 Å². The van der Waals surface area contributed by atoms with Crippen molar-refractivity contribution in [3.8, 4) is 0 Å². The zero-order valence-electron chi connectivity index (χ0n) is 8.59. The lowest BCUT2D eigenvalue weighted by atomic mass is 10.0. The number of hydrogen-bond donors (Lipinski definition) is 0. The highest BCUT2D eigenvalue weighted by atomic mass is 16.4. The van der Waals surface area contributed by atoms with Crippen molar-refractivity contribution >= 4 is 0 Å². The highest BCUT2D eigenvalue weighted by Gasteiger charge is 2.13. The Bertz CT molecular complexity index is 470. The molecule has 2 aromatic rings. The monoisotopic (exact) mass is 203 g/mol. The van der Waals surface area contributed by atoms with Gasteiger partial charge >= 0.3 is 5.76 Å². The van der Waals surface area contributed by atoms with Crippen LogP contribution in [0.1, 0.15) is 24.9 Å². The van der Waals surface area contributed by atoms with Gasteiger partial charge in [0.15, 0.2) is 0 Å². The van der Waals surface area contributed by atoms with Gasteiger partial charge in [0.05, 0.1) is 6.04 Å². The number of benzene rings is 1. The van der Waals surface area contributed by atoms with Crippen molar-refractivity contribution in [1.82, 2.24) is 4.57 Å². The van der Waals surface area contributed by atoms with Crippen molar-refractivity contribution < 1.29 is 4.42 Å². The fraction of sp³-hybridized carbons (Fsp3) is 0.250. The molecule has 3 nitrogen and oxygen atoms in total. The van der Waals surface area contributed by atoms with Gasteiger partial charge in [-0.05, 0) is 12.0 Å². The van der Waals surface area contributed by atoms with Crippen LogP contribution in [0.25, 0.3) is 0 Å². The molecule has 2 rings (SSSR count). The maximum atomic E-state index is 11.4. The Hall–Kier alpha value is -1.77. The number of aromatic nitrogens is 1. The normalized spacial score (nSPS) is 12.6. The molecular weight excluding hydrogens is 190 g/mol. The van der Waals surface area contributed by atoms with Crippen molar-refractivity contribution in [2.24, 2.45) is 0 Å². The van der Waals surface area contributed by atoms with E-state index in [0.29, 0.717) is 0 Å². The summed E-state index contributed by atoms with van der Waals surface area (Å²) in [7, 11) is 0. The second kappa shape index (κ2) is 4.17. The third-order valence-electron chi connectivity index (χ3n) is 2.51. The van der Waals surface area contributed by atoms with Crippen LogP contribution in [0.5, 0.6) is 0 Å². The first-order valence-electron chi connectivity index (χ1n) is 5.03. The van der Waals surface area contributed by atoms with Crippen molar-refractivity contribution in [3.05, 3.63) is 58.9 Å². The Kier molecular flexibility index (Phi) is 2.72. The van der Waals surface area contributed by atoms with Gasteiger partial charge in [0, 0.05) is 6.20 Å². The summed E-state index contributed by atoms with van der Waals surface area (Å²) in [6.45, 7) is 2.05. The standard InChI is InChI=1S/C12H13NO2/c1-2-11(10-6-4-3-5-7-10)13-8-9-15-12(13)14/h3-9,11H,2H2,1H3. The van der Waals surface area contributed by atoms with Gasteiger partial charge < -0.3 is 4.42 Å². The quantitative estimate of drug-likeness (QED) is 0.768. The van der Waals surface area contributed by atoms with E-state index in [1.165, 1.54) is 6.26 Å². The Morgan fingerprint density at radius 2 is 2.07 bits per heavy atom. The maximum absolute atomic E-state index is 11.4. The first-order chi connectivity index (χ1) is 7.33. The summed E-state index contributed by atoms with van der Waals surface area (Å²) in [5.74, 6) is -0.300. The number of hydrogen-bond acceptors (Lipinski definition) is 2. The fourth-order valence-corrected chi connectivity index (χ4v) is 1.78. The molecular formula is C12H13NO2. The molecule has 1 aromatic carbocycles. The molecule has 0 radical (unpaired) electrons. The SMILES string of the molecule is CCC(c1ccccc1)n1ccoc1=O. The highest BCUT2D eigenvalue weighted by molar-refractivity contribution is 5.19. The molecule has 0 aliphatic rings. The predicted molar refractivity (Wildman–Crippen MR) is 57.8 cm³/mol. The second-order valence-electron chi connectivity index (χ2n) is 3.41. The zero-order valence-corrected chi connectivity index (χ0v) is 8.59. The molecule has 0 spiro atoms. The van der Waals surface area contributed by atoms with Crippen LogP contribution in [-0.4, -0.2) is 4.57 Å². The van der Waals surface area contributed by atoms with E-state index in [9.17, 15) is 4.79 Å². The van der Waals surface area contributed by atoms with E-state index in [1.807, 2.05) is 30.3 Å². The Morgan fingerprint density at radius 1 is 1.33 bits per heavy atom. The number of nitrogens with zero attached hydrogens (tertiary/aromatic N) is 1. The molecule has 1 unspecified atom stereocenters. The number of oxazole rings is 1. The minimum atomic E-state index is -0.300. The van der Waals surface area contributed by atoms with E-state index in [2.05, 4.69) is 6.92 Å². The predicted octanol–water partition coefficient (Wildman–Crippen LogP) is 2.44. The first kappa shape index (κ1) is 9.77. The average molecular weight is 203 g/mol. The van der Waals surface area contributed by atoms with Gasteiger partial charge in [0.2, 0.25) is 0 Å². The average Bonchev–Trinajstić information content (AvgIpc) is 2.68. The topological polar surface area (TPSA) is 35.1 Å². The molecule has 0 saturated carbocycles. The lowest BCUT2D eigenvalue weighted by Crippen LogP contribution is -2.20. The van der Waals surface area contributed by atoms with Gasteiger partial charge in [-0.15, -0.1) is 0 Å². The van der Waals surface area contributed by atoms with Crippen LogP contribution in [0, 0.1) is 0 Å². The summed E-state index contributed by atoms with van der Waals surface area (Å²) in [5.41, 5.74) is 1.13. The van der Waals surface area contributed by atoms with Crippen LogP contribution < -0.4 is 5.76 Å². The molecule has 0 aliphatic heterocycles. The van der Waals surface area contributed by atoms with Gasteiger partial charge in [-0.1, -0.05) is 37.3 Å². The third-order valence-corrected chi connectivity index (χ3v) is 2.51. The van der Waals surface area contributed by atoms with E-state index in [1.54, 1.807) is 10.8 Å². The van der Waals surface area contributed by atoms with Crippen LogP contribution >= 0.6 is 0 Å². The van der Waals surface area contributed by atoms with Crippen LogP contribution in [0.15, 0.2) is 52.0 Å². The van der Waals surface area contributed by atoms with Gasteiger partial charge in [0.25, 0.3) is 0 Å². The van der Waals surface area contributed by atoms with Gasteiger partial charge in [-0.3, -0.25) is 4.57 Å². The van der Waals surface area contributed by atoms with Crippen molar-refractivity contribution in [2.75, 3.05) is 0 Å². The van der Waals surface area contributed by atoms with Gasteiger partial charge in [-0.25, -0.2) is 4.79 Å². The molecule has 3 heteroatoms. The van der Waals surface area contributed by atoms with Gasteiger partial charge in [-0.2, -0.15) is 0 Å². The smallest absolute Gasteiger partial charge is 0.416 e. The summed E-state index contributed by atoms with van der Waals surface area (Å²) in [4.78, 5) is 11.4. The van der Waals surface area contributed by atoms with Gasteiger partial charge in [0.1, 0.15) is 6.26 Å². The van der Waals surface area contributed by atoms with E-state index in [-0.39, 0.29) is 11.8 Å². The van der Waals surface area contributed by atoms with Crippen LogP contribution in [0.3, 0.4) is 0 Å². The Morgan fingerprint density at radius 3 is 2.60 bits per heavy atom. The minimum Gasteiger partial charge on any atom is -0.416 e. The molecule has 15 heavy (non-hydrogen) atoms. The second-order valence-corrected chi connectivity index (χ2v) is 3.41. The van der Waals surface area contributed by atoms with E-state index in [4.69, 9.17) is 4.42 Å². The molecule has 0 amide bonds. The molecule has 1 aromatic heterocycles. The molecule has 0 saturated heterocycles. The highest BCUT2D eigenvalue weighted by Crippen LogP contribution is 2.19. The Balaban J connectivity index is 2.42.